The number of phenolic OH excluding ortho intramolecular Hbond substituents is 1. The molecule has 1 fully saturated rings. The van der Waals surface area contributed by atoms with Gasteiger partial charge in [0.05, 0.1) is 12.5 Å². The van der Waals surface area contributed by atoms with E-state index in [-0.39, 0.29) is 24.6 Å². The summed E-state index contributed by atoms with van der Waals surface area (Å²) >= 11 is 0. The van der Waals surface area contributed by atoms with Crippen molar-refractivity contribution in [3.63, 3.8) is 0 Å². The molecule has 2 aliphatic rings. The minimum atomic E-state index is -5.24. The number of carbonyl (C=O) groups excluding carboxylic acids is 1. The zero-order valence-corrected chi connectivity index (χ0v) is 21.9. The average Bonchev–Trinajstić information content (AvgIpc) is 3.05. The number of halogens is 4. The third-order valence-electron chi connectivity index (χ3n) is 7.36. The van der Waals surface area contributed by atoms with E-state index in [9.17, 15) is 32.6 Å². The van der Waals surface area contributed by atoms with Gasteiger partial charge in [-0.3, -0.25) is 4.79 Å². The second-order valence-corrected chi connectivity index (χ2v) is 10.1. The topological polar surface area (TPSA) is 70.0 Å². The Kier molecular flexibility index (Phi) is 7.67. The van der Waals surface area contributed by atoms with Crippen LogP contribution in [-0.4, -0.2) is 51.1 Å². The number of phenols is 1. The number of aliphatic hydroxyl groups is 1. The summed E-state index contributed by atoms with van der Waals surface area (Å²) in [6, 6.07) is 15.3. The Labute approximate surface area is 224 Å². The number of hydrogen-bond donors (Lipinski definition) is 2. The number of aromatic hydroxyl groups is 1. The number of alkyl halides is 4. The van der Waals surface area contributed by atoms with Gasteiger partial charge >= 0.3 is 6.18 Å². The maximum absolute atomic E-state index is 14.7. The van der Waals surface area contributed by atoms with Crippen LogP contribution >= 0.6 is 0 Å². The molecular weight excluding hydrogens is 514 g/mol. The highest BCUT2D eigenvalue weighted by atomic mass is 19.4. The Balaban J connectivity index is 1.74. The molecule has 1 aliphatic heterocycles. The Morgan fingerprint density at radius 2 is 1.87 bits per heavy atom. The highest BCUT2D eigenvalue weighted by molar-refractivity contribution is 5.85. The SMILES string of the molecule is C/C=C1\C(=C/C2=CC(C)(F)C2(O)C(F)(F)F)CC[C@H](Oc2cccc(O)c2)CN1C(=O)[C@@H](C)c1ccccc1. The van der Waals surface area contributed by atoms with Gasteiger partial charge in [0, 0.05) is 11.8 Å². The Morgan fingerprint density at radius 3 is 2.46 bits per heavy atom. The van der Waals surface area contributed by atoms with Crippen LogP contribution in [0.2, 0.25) is 0 Å². The van der Waals surface area contributed by atoms with Crippen LogP contribution in [0.3, 0.4) is 0 Å². The molecule has 4 atom stereocenters. The number of likely N-dealkylation sites (tertiary alicyclic amines) is 1. The molecule has 2 aromatic carbocycles. The monoisotopic (exact) mass is 545 g/mol. The predicted octanol–water partition coefficient (Wildman–Crippen LogP) is 6.36. The van der Waals surface area contributed by atoms with Crippen molar-refractivity contribution in [2.45, 2.75) is 63.1 Å². The van der Waals surface area contributed by atoms with E-state index in [1.54, 1.807) is 32.1 Å². The molecule has 39 heavy (non-hydrogen) atoms. The molecule has 1 amide bonds. The molecule has 0 bridgehead atoms. The van der Waals surface area contributed by atoms with Crippen LogP contribution in [0.1, 0.15) is 45.1 Å². The third-order valence-corrected chi connectivity index (χ3v) is 7.36. The first-order valence-electron chi connectivity index (χ1n) is 12.7. The fourth-order valence-corrected chi connectivity index (χ4v) is 5.15. The van der Waals surface area contributed by atoms with Gasteiger partial charge < -0.3 is 19.8 Å². The predicted molar refractivity (Wildman–Crippen MR) is 139 cm³/mol. The van der Waals surface area contributed by atoms with E-state index >= 15 is 0 Å². The second kappa shape index (κ2) is 10.5. The molecular formula is C30H31F4NO4. The molecule has 4 rings (SSSR count). The van der Waals surface area contributed by atoms with Crippen molar-refractivity contribution in [2.24, 2.45) is 0 Å². The van der Waals surface area contributed by atoms with E-state index in [1.165, 1.54) is 17.0 Å². The van der Waals surface area contributed by atoms with Crippen LogP contribution in [-0.2, 0) is 4.79 Å². The number of ether oxygens (including phenoxy) is 1. The third kappa shape index (κ3) is 5.32. The molecule has 9 heteroatoms. The van der Waals surface area contributed by atoms with Crippen molar-refractivity contribution < 1.29 is 37.3 Å². The number of nitrogens with zero attached hydrogens (tertiary/aromatic N) is 1. The van der Waals surface area contributed by atoms with Gasteiger partial charge in [0.2, 0.25) is 11.5 Å². The Morgan fingerprint density at radius 1 is 1.18 bits per heavy atom. The van der Waals surface area contributed by atoms with Crippen LogP contribution in [0.5, 0.6) is 11.5 Å². The van der Waals surface area contributed by atoms with Gasteiger partial charge in [0.1, 0.15) is 17.6 Å². The number of hydrogen-bond acceptors (Lipinski definition) is 4. The van der Waals surface area contributed by atoms with E-state index in [0.29, 0.717) is 30.4 Å². The molecule has 2 aromatic rings. The van der Waals surface area contributed by atoms with Crippen LogP contribution in [0.4, 0.5) is 17.6 Å². The van der Waals surface area contributed by atoms with Crippen molar-refractivity contribution in [3.8, 4) is 11.5 Å². The maximum atomic E-state index is 14.7. The van der Waals surface area contributed by atoms with Gasteiger partial charge in [0.25, 0.3) is 0 Å². The Hall–Kier alpha value is -3.59. The summed E-state index contributed by atoms with van der Waals surface area (Å²) in [4.78, 5) is 15.3. The van der Waals surface area contributed by atoms with E-state index in [4.69, 9.17) is 4.74 Å². The molecule has 5 nitrogen and oxygen atoms in total. The van der Waals surface area contributed by atoms with Gasteiger partial charge in [0.15, 0.2) is 5.67 Å². The summed E-state index contributed by atoms with van der Waals surface area (Å²) in [5.74, 6) is -0.500. The quantitative estimate of drug-likeness (QED) is 0.429. The van der Waals surface area contributed by atoms with Gasteiger partial charge in [-0.15, -0.1) is 0 Å². The van der Waals surface area contributed by atoms with E-state index in [1.807, 2.05) is 30.3 Å². The van der Waals surface area contributed by atoms with Crippen LogP contribution in [0, 0.1) is 0 Å². The second-order valence-electron chi connectivity index (χ2n) is 10.1. The summed E-state index contributed by atoms with van der Waals surface area (Å²) in [6.45, 7) is 4.18. The molecule has 0 radical (unpaired) electrons. The normalized spacial score (nSPS) is 28.5. The summed E-state index contributed by atoms with van der Waals surface area (Å²) in [7, 11) is 0. The molecule has 1 aliphatic carbocycles. The van der Waals surface area contributed by atoms with Gasteiger partial charge in [-0.1, -0.05) is 48.6 Å². The zero-order valence-electron chi connectivity index (χ0n) is 21.9. The number of rotatable bonds is 5. The van der Waals surface area contributed by atoms with Crippen molar-refractivity contribution in [1.82, 2.24) is 4.90 Å². The average molecular weight is 546 g/mol. The largest absolute Gasteiger partial charge is 0.508 e. The Bertz CT molecular complexity index is 1320. The lowest BCUT2D eigenvalue weighted by Crippen LogP contribution is -2.65. The van der Waals surface area contributed by atoms with Gasteiger partial charge in [-0.25, -0.2) is 4.39 Å². The highest BCUT2D eigenvalue weighted by Gasteiger charge is 2.71. The lowest BCUT2D eigenvalue weighted by Gasteiger charge is -2.47. The van der Waals surface area contributed by atoms with Crippen molar-refractivity contribution >= 4 is 5.91 Å². The maximum Gasteiger partial charge on any atom is 0.424 e. The molecule has 0 saturated carbocycles. The lowest BCUT2D eigenvalue weighted by molar-refractivity contribution is -0.285. The summed E-state index contributed by atoms with van der Waals surface area (Å²) in [5.41, 5.74) is -5.79. The lowest BCUT2D eigenvalue weighted by atomic mass is 9.67. The number of benzene rings is 2. The van der Waals surface area contributed by atoms with Gasteiger partial charge in [-0.2, -0.15) is 13.2 Å². The first-order chi connectivity index (χ1) is 18.3. The van der Waals surface area contributed by atoms with Crippen LogP contribution < -0.4 is 4.74 Å². The molecule has 0 aromatic heterocycles. The number of amides is 1. The first kappa shape index (κ1) is 28.4. The van der Waals surface area contributed by atoms with E-state index < -0.39 is 35.0 Å². The van der Waals surface area contributed by atoms with Crippen molar-refractivity contribution in [1.29, 1.82) is 0 Å². The first-order valence-corrected chi connectivity index (χ1v) is 12.7. The summed E-state index contributed by atoms with van der Waals surface area (Å²) < 4.78 is 62.1. The van der Waals surface area contributed by atoms with Crippen LogP contribution in [0.15, 0.2) is 89.7 Å². The molecule has 0 spiro atoms. The van der Waals surface area contributed by atoms with E-state index in [2.05, 4.69) is 0 Å². The molecule has 1 saturated heterocycles. The number of allylic oxidation sites excluding steroid dienone is 2. The standard InChI is InChI=1S/C30H31F4NO4/c1-4-26-21(15-22-17-28(3,31)29(22,38)30(32,33)34)13-14-25(39-24-12-8-11-23(36)16-24)18-35(26)27(37)19(2)20-9-6-5-7-10-20/h4-12,15-17,19,25,36,38H,13-14,18H2,1-3H3/b21-15-,26-4+/t19-,25-,28?,29?/m0/s1. The van der Waals surface area contributed by atoms with Gasteiger partial charge in [-0.05, 0) is 68.5 Å². The molecule has 1 heterocycles. The number of carbonyl (C=O) groups is 1. The van der Waals surface area contributed by atoms with Crippen molar-refractivity contribution in [3.05, 3.63) is 95.2 Å². The molecule has 2 N–H and O–H groups in total. The van der Waals surface area contributed by atoms with Crippen LogP contribution in [0.25, 0.3) is 0 Å². The summed E-state index contributed by atoms with van der Waals surface area (Å²) in [6.07, 6.45) is -1.79. The zero-order chi connectivity index (χ0) is 28.6. The summed E-state index contributed by atoms with van der Waals surface area (Å²) in [5, 5.41) is 20.3. The van der Waals surface area contributed by atoms with Crippen molar-refractivity contribution in [2.75, 3.05) is 6.54 Å². The minimum absolute atomic E-state index is 0.000824. The molecule has 208 valence electrons. The fourth-order valence-electron chi connectivity index (χ4n) is 5.15. The smallest absolute Gasteiger partial charge is 0.424 e. The highest BCUT2D eigenvalue weighted by Crippen LogP contribution is 2.54. The fraction of sp³-hybridized carbons (Fsp3) is 0.367. The molecule has 2 unspecified atom stereocenters. The van der Waals surface area contributed by atoms with E-state index in [0.717, 1.165) is 17.7 Å². The minimum Gasteiger partial charge on any atom is -0.508 e.